The van der Waals surface area contributed by atoms with Gasteiger partial charge in [0.05, 0.1) is 0 Å². The predicted molar refractivity (Wildman–Crippen MR) is 57.6 cm³/mol. The van der Waals surface area contributed by atoms with Gasteiger partial charge in [0.25, 0.3) is 0 Å². The molecule has 1 radical (unpaired) electrons. The van der Waals surface area contributed by atoms with Crippen molar-refractivity contribution in [1.29, 1.82) is 0 Å². The van der Waals surface area contributed by atoms with Crippen LogP contribution < -0.4 is 5.73 Å². The van der Waals surface area contributed by atoms with Gasteiger partial charge in [-0.1, -0.05) is 18.2 Å². The van der Waals surface area contributed by atoms with Gasteiger partial charge in [0.15, 0.2) is 0 Å². The molecule has 0 spiro atoms. The van der Waals surface area contributed by atoms with Crippen LogP contribution in [0.2, 0.25) is 0 Å². The van der Waals surface area contributed by atoms with Gasteiger partial charge in [0, 0.05) is 45.9 Å². The quantitative estimate of drug-likeness (QED) is 0.675. The summed E-state index contributed by atoms with van der Waals surface area (Å²) in [5.74, 6) is -0.972. The summed E-state index contributed by atoms with van der Waals surface area (Å²) < 4.78 is 0. The van der Waals surface area contributed by atoms with Crippen molar-refractivity contribution < 1.29 is 32.3 Å². The number of carboxylic acids is 1. The number of rotatable bonds is 3. The van der Waals surface area contributed by atoms with Crippen molar-refractivity contribution in [3.63, 3.8) is 0 Å². The van der Waals surface area contributed by atoms with Gasteiger partial charge < -0.3 is 15.8 Å². The number of carboxylic acid groups (broad SMARTS) is 1. The number of benzene rings is 1. The molecule has 16 heavy (non-hydrogen) atoms. The Morgan fingerprint density at radius 1 is 1.44 bits per heavy atom. The summed E-state index contributed by atoms with van der Waals surface area (Å²) in [6.45, 7) is 0. The number of aliphatic carboxylic acids is 1. The molecule has 4 N–H and O–H groups in total. The van der Waals surface area contributed by atoms with E-state index in [1.54, 1.807) is 0 Å². The first-order valence-corrected chi connectivity index (χ1v) is 4.72. The van der Waals surface area contributed by atoms with Gasteiger partial charge >= 0.3 is 5.97 Å². The third-order valence-corrected chi connectivity index (χ3v) is 2.43. The van der Waals surface area contributed by atoms with Crippen LogP contribution in [0.5, 0.6) is 0 Å². The zero-order chi connectivity index (χ0) is 10.8. The van der Waals surface area contributed by atoms with E-state index in [1.165, 1.54) is 0 Å². The summed E-state index contributed by atoms with van der Waals surface area (Å²) in [6, 6.07) is 6.91. The van der Waals surface area contributed by atoms with E-state index < -0.39 is 12.0 Å². The van der Waals surface area contributed by atoms with Gasteiger partial charge in [-0.25, -0.2) is 0 Å². The van der Waals surface area contributed by atoms with Gasteiger partial charge in [-0.15, -0.1) is 0 Å². The smallest absolute Gasteiger partial charge is 0.320 e. The Labute approximate surface area is 108 Å². The van der Waals surface area contributed by atoms with Crippen molar-refractivity contribution in [2.75, 3.05) is 0 Å². The molecule has 0 bridgehead atoms. The zero-order valence-electron chi connectivity index (χ0n) is 8.41. The maximum absolute atomic E-state index is 10.6. The number of carbonyl (C=O) groups is 1. The molecule has 0 saturated heterocycles. The van der Waals surface area contributed by atoms with Crippen molar-refractivity contribution >= 4 is 16.9 Å². The maximum atomic E-state index is 10.6. The number of aromatic nitrogens is 1. The molecule has 0 amide bonds. The first-order valence-electron chi connectivity index (χ1n) is 4.72. The minimum atomic E-state index is -0.972. The van der Waals surface area contributed by atoms with Crippen LogP contribution in [0, 0.1) is 0 Å². The number of nitrogens with one attached hydrogen (secondary N) is 1. The molecule has 1 aromatic heterocycles. The van der Waals surface area contributed by atoms with E-state index in [1.807, 2.05) is 30.5 Å². The number of fused-ring (bicyclic) bond motifs is 1. The summed E-state index contributed by atoms with van der Waals surface area (Å²) in [6.07, 6.45) is 2.16. The van der Waals surface area contributed by atoms with E-state index in [4.69, 9.17) is 10.8 Å². The summed E-state index contributed by atoms with van der Waals surface area (Å²) in [5, 5.41) is 9.75. The second-order valence-electron chi connectivity index (χ2n) is 3.51. The van der Waals surface area contributed by atoms with Crippen LogP contribution in [0.25, 0.3) is 10.9 Å². The first-order chi connectivity index (χ1) is 7.18. The molecular weight excluding hydrogens is 389 g/mol. The SMILES string of the molecule is NC(Cc1c[nH]c2ccccc12)C(=O)O.[Au]. The molecule has 1 atom stereocenters. The molecule has 0 aliphatic rings. The van der Waals surface area contributed by atoms with Crippen LogP contribution in [-0.2, 0) is 33.6 Å². The number of para-hydroxylation sites is 1. The minimum absolute atomic E-state index is 0. The fourth-order valence-electron chi connectivity index (χ4n) is 1.62. The van der Waals surface area contributed by atoms with E-state index in [2.05, 4.69) is 4.98 Å². The molecule has 89 valence electrons. The number of H-pyrrole nitrogens is 1. The Balaban J connectivity index is 0.00000128. The molecule has 4 nitrogen and oxygen atoms in total. The monoisotopic (exact) mass is 401 g/mol. The van der Waals surface area contributed by atoms with Crippen LogP contribution in [0.4, 0.5) is 0 Å². The Morgan fingerprint density at radius 3 is 2.81 bits per heavy atom. The third kappa shape index (κ3) is 2.54. The van der Waals surface area contributed by atoms with Crippen molar-refractivity contribution in [1.82, 2.24) is 4.98 Å². The van der Waals surface area contributed by atoms with Crippen LogP contribution in [0.3, 0.4) is 0 Å². The topological polar surface area (TPSA) is 79.1 Å². The largest absolute Gasteiger partial charge is 0.480 e. The molecule has 5 heteroatoms. The average Bonchev–Trinajstić information content (AvgIpc) is 2.62. The molecule has 2 aromatic rings. The molecule has 0 aliphatic heterocycles. The zero-order valence-corrected chi connectivity index (χ0v) is 10.6. The molecule has 1 aromatic carbocycles. The molecule has 1 unspecified atom stereocenters. The van der Waals surface area contributed by atoms with E-state index in [0.717, 1.165) is 16.5 Å². The molecule has 0 fully saturated rings. The Hall–Kier alpha value is -1.07. The molecule has 1 heterocycles. The standard InChI is InChI=1S/C11H12N2O2.Au/c12-9(11(14)15)5-7-6-13-10-4-2-1-3-8(7)10;/h1-4,6,9,13H,5,12H2,(H,14,15);. The van der Waals surface area contributed by atoms with E-state index in [0.29, 0.717) is 6.42 Å². The van der Waals surface area contributed by atoms with Gasteiger partial charge in [-0.3, -0.25) is 4.79 Å². The second-order valence-corrected chi connectivity index (χ2v) is 3.51. The average molecular weight is 401 g/mol. The van der Waals surface area contributed by atoms with Crippen molar-refractivity contribution in [2.45, 2.75) is 12.5 Å². The van der Waals surface area contributed by atoms with Crippen LogP contribution in [0.15, 0.2) is 30.5 Å². The minimum Gasteiger partial charge on any atom is -0.480 e. The summed E-state index contributed by atoms with van der Waals surface area (Å²) in [4.78, 5) is 13.7. The van der Waals surface area contributed by atoms with Gasteiger partial charge in [-0.05, 0) is 11.6 Å². The molecule has 2 rings (SSSR count). The number of aromatic amines is 1. The van der Waals surface area contributed by atoms with Crippen LogP contribution in [-0.4, -0.2) is 22.1 Å². The summed E-state index contributed by atoms with van der Waals surface area (Å²) in [7, 11) is 0. The Bertz CT molecular complexity index is 495. The summed E-state index contributed by atoms with van der Waals surface area (Å²) >= 11 is 0. The normalized spacial score (nSPS) is 12.1. The fraction of sp³-hybridized carbons (Fsp3) is 0.182. The molecular formula is C11H12AuN2O2. The maximum Gasteiger partial charge on any atom is 0.320 e. The second kappa shape index (κ2) is 5.32. The Kier molecular flexibility index (Phi) is 4.32. The number of nitrogens with two attached hydrogens (primary N) is 1. The Morgan fingerprint density at radius 2 is 2.12 bits per heavy atom. The van der Waals surface area contributed by atoms with Crippen molar-refractivity contribution in [3.8, 4) is 0 Å². The first kappa shape index (κ1) is 13.0. The number of hydrogen-bond donors (Lipinski definition) is 3. The number of hydrogen-bond acceptors (Lipinski definition) is 2. The molecule has 0 aliphatic carbocycles. The van der Waals surface area contributed by atoms with Gasteiger partial charge in [-0.2, -0.15) is 0 Å². The van der Waals surface area contributed by atoms with Crippen LogP contribution in [0.1, 0.15) is 5.56 Å². The molecule has 0 saturated carbocycles. The van der Waals surface area contributed by atoms with E-state index in [-0.39, 0.29) is 22.4 Å². The van der Waals surface area contributed by atoms with E-state index in [9.17, 15) is 4.79 Å². The van der Waals surface area contributed by atoms with Crippen LogP contribution >= 0.6 is 0 Å². The van der Waals surface area contributed by atoms with Gasteiger partial charge in [0.1, 0.15) is 6.04 Å². The van der Waals surface area contributed by atoms with E-state index >= 15 is 0 Å². The summed E-state index contributed by atoms with van der Waals surface area (Å²) in [5.41, 5.74) is 7.43. The van der Waals surface area contributed by atoms with Gasteiger partial charge in [0.2, 0.25) is 0 Å². The van der Waals surface area contributed by atoms with Crippen molar-refractivity contribution in [3.05, 3.63) is 36.0 Å². The fourth-order valence-corrected chi connectivity index (χ4v) is 1.62. The predicted octanol–water partition coefficient (Wildman–Crippen LogP) is 1.12. The van der Waals surface area contributed by atoms with Crippen molar-refractivity contribution in [2.24, 2.45) is 5.73 Å². The third-order valence-electron chi connectivity index (χ3n) is 2.43.